The number of nitrogens with zero attached hydrogens (tertiary/aromatic N) is 3. The van der Waals surface area contributed by atoms with E-state index in [1.54, 1.807) is 13.3 Å². The maximum atomic E-state index is 12.3. The van der Waals surface area contributed by atoms with Crippen LogP contribution in [0.2, 0.25) is 0 Å². The fourth-order valence-electron chi connectivity index (χ4n) is 3.03. The molecular weight excluding hydrogens is 380 g/mol. The lowest BCUT2D eigenvalue weighted by molar-refractivity contribution is 0.0949. The van der Waals surface area contributed by atoms with E-state index in [0.29, 0.717) is 25.4 Å². The highest BCUT2D eigenvalue weighted by Gasteiger charge is 2.17. The molecule has 0 saturated heterocycles. The molecule has 0 aliphatic carbocycles. The van der Waals surface area contributed by atoms with Crippen molar-refractivity contribution in [1.82, 2.24) is 20.2 Å². The molecule has 2 aromatic heterocycles. The summed E-state index contributed by atoms with van der Waals surface area (Å²) < 4.78 is 10.9. The molecule has 1 aromatic carbocycles. The molecular formula is C23H28N4O3. The minimum Gasteiger partial charge on any atom is -0.497 e. The van der Waals surface area contributed by atoms with Gasteiger partial charge in [0.05, 0.1) is 13.7 Å². The average Bonchev–Trinajstić information content (AvgIpc) is 3.23. The third kappa shape index (κ3) is 6.15. The summed E-state index contributed by atoms with van der Waals surface area (Å²) in [4.78, 5) is 23.2. The van der Waals surface area contributed by atoms with E-state index in [4.69, 9.17) is 9.15 Å². The molecule has 158 valence electrons. The minimum absolute atomic E-state index is 0.246. The maximum absolute atomic E-state index is 12.3. The summed E-state index contributed by atoms with van der Waals surface area (Å²) in [6.45, 7) is 5.97. The fourth-order valence-corrected chi connectivity index (χ4v) is 3.03. The zero-order valence-corrected chi connectivity index (χ0v) is 17.7. The number of hydrogen-bond acceptors (Lipinski definition) is 6. The van der Waals surface area contributed by atoms with E-state index in [0.717, 1.165) is 23.6 Å². The number of carbonyl (C=O) groups excluding carboxylic acids is 1. The third-order valence-corrected chi connectivity index (χ3v) is 4.77. The molecule has 0 spiro atoms. The van der Waals surface area contributed by atoms with Crippen molar-refractivity contribution in [2.75, 3.05) is 13.7 Å². The molecule has 0 bridgehead atoms. The molecule has 3 rings (SSSR count). The van der Waals surface area contributed by atoms with E-state index in [9.17, 15) is 4.79 Å². The Balaban J connectivity index is 1.56. The molecule has 30 heavy (non-hydrogen) atoms. The molecule has 0 aliphatic heterocycles. The summed E-state index contributed by atoms with van der Waals surface area (Å²) in [6, 6.07) is 14.0. The Hall–Kier alpha value is -3.19. The number of pyridine rings is 1. The Labute approximate surface area is 177 Å². The summed E-state index contributed by atoms with van der Waals surface area (Å²) in [5.74, 6) is 1.10. The number of hydrogen-bond donors (Lipinski definition) is 1. The number of amides is 1. The molecule has 1 N–H and O–H groups in total. The quantitative estimate of drug-likeness (QED) is 0.553. The van der Waals surface area contributed by atoms with Crippen LogP contribution in [-0.4, -0.2) is 40.5 Å². The largest absolute Gasteiger partial charge is 0.497 e. The van der Waals surface area contributed by atoms with Gasteiger partial charge < -0.3 is 14.5 Å². The van der Waals surface area contributed by atoms with E-state index in [2.05, 4.69) is 40.1 Å². The van der Waals surface area contributed by atoms with Crippen LogP contribution in [0.5, 0.6) is 5.75 Å². The van der Waals surface area contributed by atoms with Crippen molar-refractivity contribution in [2.45, 2.75) is 39.4 Å². The monoisotopic (exact) mass is 408 g/mol. The SMILES string of the molecule is COc1cccc(CN(Cc2nc(C(=O)NCCc3ccccn3)co2)C(C)C)c1. The van der Waals surface area contributed by atoms with Crippen LogP contribution < -0.4 is 10.1 Å². The van der Waals surface area contributed by atoms with E-state index >= 15 is 0 Å². The lowest BCUT2D eigenvalue weighted by Gasteiger charge is -2.25. The second-order valence-corrected chi connectivity index (χ2v) is 7.30. The van der Waals surface area contributed by atoms with Crippen LogP contribution >= 0.6 is 0 Å². The first kappa shape index (κ1) is 21.5. The van der Waals surface area contributed by atoms with Gasteiger partial charge in [-0.2, -0.15) is 0 Å². The van der Waals surface area contributed by atoms with Gasteiger partial charge in [0.15, 0.2) is 5.69 Å². The summed E-state index contributed by atoms with van der Waals surface area (Å²) >= 11 is 0. The fraction of sp³-hybridized carbons (Fsp3) is 0.348. The smallest absolute Gasteiger partial charge is 0.273 e. The van der Waals surface area contributed by atoms with Gasteiger partial charge in [0, 0.05) is 37.4 Å². The minimum atomic E-state index is -0.246. The molecule has 1 amide bonds. The average molecular weight is 409 g/mol. The van der Waals surface area contributed by atoms with Gasteiger partial charge in [-0.25, -0.2) is 4.98 Å². The zero-order chi connectivity index (χ0) is 21.3. The van der Waals surface area contributed by atoms with Crippen molar-refractivity contribution >= 4 is 5.91 Å². The van der Waals surface area contributed by atoms with Gasteiger partial charge in [0.2, 0.25) is 5.89 Å². The van der Waals surface area contributed by atoms with E-state index in [-0.39, 0.29) is 17.6 Å². The van der Waals surface area contributed by atoms with E-state index in [1.807, 2.05) is 36.4 Å². The molecule has 7 heteroatoms. The summed E-state index contributed by atoms with van der Waals surface area (Å²) in [5.41, 5.74) is 2.36. The molecule has 0 atom stereocenters. The predicted octanol–water partition coefficient (Wildman–Crippen LogP) is 3.46. The summed E-state index contributed by atoms with van der Waals surface area (Å²) in [7, 11) is 1.66. The van der Waals surface area contributed by atoms with Crippen LogP contribution in [0.15, 0.2) is 59.3 Å². The van der Waals surface area contributed by atoms with Crippen LogP contribution in [0.3, 0.4) is 0 Å². The van der Waals surface area contributed by atoms with Gasteiger partial charge in [0.1, 0.15) is 12.0 Å². The molecule has 0 radical (unpaired) electrons. The number of ether oxygens (including phenoxy) is 1. The van der Waals surface area contributed by atoms with Gasteiger partial charge in [0.25, 0.3) is 5.91 Å². The topological polar surface area (TPSA) is 80.5 Å². The Kier molecular flexibility index (Phi) is 7.57. The van der Waals surface area contributed by atoms with Crippen LogP contribution in [0, 0.1) is 0 Å². The number of methoxy groups -OCH3 is 1. The highest BCUT2D eigenvalue weighted by Crippen LogP contribution is 2.17. The molecule has 7 nitrogen and oxygen atoms in total. The Morgan fingerprint density at radius 3 is 2.80 bits per heavy atom. The van der Waals surface area contributed by atoms with Crippen LogP contribution in [0.4, 0.5) is 0 Å². The number of aromatic nitrogens is 2. The highest BCUT2D eigenvalue weighted by atomic mass is 16.5. The van der Waals surface area contributed by atoms with Crippen molar-refractivity contribution in [3.63, 3.8) is 0 Å². The van der Waals surface area contributed by atoms with E-state index in [1.165, 1.54) is 6.26 Å². The molecule has 0 saturated carbocycles. The molecule has 3 aromatic rings. The predicted molar refractivity (Wildman–Crippen MR) is 114 cm³/mol. The Bertz CT molecular complexity index is 940. The van der Waals surface area contributed by atoms with E-state index < -0.39 is 0 Å². The van der Waals surface area contributed by atoms with Gasteiger partial charge in [-0.1, -0.05) is 18.2 Å². The lowest BCUT2D eigenvalue weighted by Crippen LogP contribution is -2.30. The van der Waals surface area contributed by atoms with Crippen molar-refractivity contribution < 1.29 is 13.9 Å². The van der Waals surface area contributed by atoms with Gasteiger partial charge in [-0.15, -0.1) is 0 Å². The number of carbonyl (C=O) groups is 1. The van der Waals surface area contributed by atoms with Gasteiger partial charge in [-0.3, -0.25) is 14.7 Å². The standard InChI is InChI=1S/C23H28N4O3/c1-17(2)27(14-18-7-6-9-20(13-18)29-3)15-22-26-21(16-30-22)23(28)25-12-10-19-8-4-5-11-24-19/h4-9,11,13,16-17H,10,12,14-15H2,1-3H3,(H,25,28). The molecule has 0 fully saturated rings. The first-order valence-electron chi connectivity index (χ1n) is 10.0. The number of benzene rings is 1. The number of nitrogens with one attached hydrogen (secondary N) is 1. The molecule has 0 unspecified atom stereocenters. The van der Waals surface area contributed by atoms with Crippen molar-refractivity contribution in [3.05, 3.63) is 77.8 Å². The van der Waals surface area contributed by atoms with Gasteiger partial charge >= 0.3 is 0 Å². The van der Waals surface area contributed by atoms with Crippen molar-refractivity contribution in [1.29, 1.82) is 0 Å². The van der Waals surface area contributed by atoms with Crippen LogP contribution in [0.1, 0.15) is 41.5 Å². The summed E-state index contributed by atoms with van der Waals surface area (Å²) in [5, 5.41) is 2.86. The number of rotatable bonds is 10. The van der Waals surface area contributed by atoms with Crippen LogP contribution in [0.25, 0.3) is 0 Å². The lowest BCUT2D eigenvalue weighted by atomic mass is 10.2. The number of oxazole rings is 1. The van der Waals surface area contributed by atoms with Gasteiger partial charge in [-0.05, 0) is 43.7 Å². The van der Waals surface area contributed by atoms with Crippen molar-refractivity contribution in [3.8, 4) is 5.75 Å². The summed E-state index contributed by atoms with van der Waals surface area (Å²) in [6.07, 6.45) is 3.82. The maximum Gasteiger partial charge on any atom is 0.273 e. The zero-order valence-electron chi connectivity index (χ0n) is 17.7. The Morgan fingerprint density at radius 2 is 2.07 bits per heavy atom. The van der Waals surface area contributed by atoms with Crippen LogP contribution in [-0.2, 0) is 19.5 Å². The second kappa shape index (κ2) is 10.5. The highest BCUT2D eigenvalue weighted by molar-refractivity contribution is 5.91. The molecule has 2 heterocycles. The molecule has 0 aliphatic rings. The third-order valence-electron chi connectivity index (χ3n) is 4.77. The first-order chi connectivity index (χ1) is 14.5. The Morgan fingerprint density at radius 1 is 1.20 bits per heavy atom. The van der Waals surface area contributed by atoms with Crippen molar-refractivity contribution in [2.24, 2.45) is 0 Å². The normalized spacial score (nSPS) is 11.1. The second-order valence-electron chi connectivity index (χ2n) is 7.30. The first-order valence-corrected chi connectivity index (χ1v) is 10.0.